The Kier molecular flexibility index (Phi) is 5.12. The minimum atomic E-state index is -0.863. The molecule has 0 spiro atoms. The minimum absolute atomic E-state index is 0.239. The summed E-state index contributed by atoms with van der Waals surface area (Å²) < 4.78 is 5.30. The average Bonchev–Trinajstić information content (AvgIpc) is 2.67. The molecule has 0 bridgehead atoms. The highest BCUT2D eigenvalue weighted by Crippen LogP contribution is 2.20. The molecule has 1 atom stereocenters. The molecule has 0 saturated carbocycles. The van der Waals surface area contributed by atoms with Crippen LogP contribution in [0.2, 0.25) is 0 Å². The molecule has 0 aliphatic carbocycles. The first-order valence-electron chi connectivity index (χ1n) is 8.16. The van der Waals surface area contributed by atoms with Crippen LogP contribution in [0.15, 0.2) is 60.8 Å². The number of amides is 2. The maximum atomic E-state index is 12.7. The lowest BCUT2D eigenvalue weighted by atomic mass is 10.0. The fourth-order valence-corrected chi connectivity index (χ4v) is 2.84. The van der Waals surface area contributed by atoms with Crippen molar-refractivity contribution < 1.29 is 14.3 Å². The van der Waals surface area contributed by atoms with Crippen LogP contribution in [-0.2, 0) is 11.2 Å². The van der Waals surface area contributed by atoms with Gasteiger partial charge in [0.2, 0.25) is 5.91 Å². The van der Waals surface area contributed by atoms with E-state index < -0.39 is 17.9 Å². The number of aromatic nitrogens is 1. The topological polar surface area (TPSA) is 94.3 Å². The van der Waals surface area contributed by atoms with Gasteiger partial charge in [0, 0.05) is 18.0 Å². The first-order chi connectivity index (χ1) is 12.6. The molecule has 3 aromatic rings. The molecule has 26 heavy (non-hydrogen) atoms. The number of nitrogens with two attached hydrogens (primary N) is 1. The number of para-hydroxylation sites is 2. The summed E-state index contributed by atoms with van der Waals surface area (Å²) >= 11 is 0. The van der Waals surface area contributed by atoms with Gasteiger partial charge in [-0.25, -0.2) is 0 Å². The van der Waals surface area contributed by atoms with Gasteiger partial charge in [0.05, 0.1) is 18.2 Å². The quantitative estimate of drug-likeness (QED) is 0.712. The zero-order valence-electron chi connectivity index (χ0n) is 14.3. The van der Waals surface area contributed by atoms with Crippen molar-refractivity contribution in [3.63, 3.8) is 0 Å². The summed E-state index contributed by atoms with van der Waals surface area (Å²) in [5, 5.41) is 3.56. The zero-order valence-corrected chi connectivity index (χ0v) is 14.3. The van der Waals surface area contributed by atoms with Crippen molar-refractivity contribution in [1.82, 2.24) is 10.3 Å². The first kappa shape index (κ1) is 17.4. The number of nitrogens with one attached hydrogen (secondary N) is 1. The van der Waals surface area contributed by atoms with Gasteiger partial charge in [-0.2, -0.15) is 0 Å². The van der Waals surface area contributed by atoms with Crippen LogP contribution < -0.4 is 15.8 Å². The Balaban J connectivity index is 1.86. The number of hydrogen-bond acceptors (Lipinski definition) is 4. The maximum absolute atomic E-state index is 12.7. The predicted molar refractivity (Wildman–Crippen MR) is 98.9 cm³/mol. The molecule has 132 valence electrons. The third-order valence-corrected chi connectivity index (χ3v) is 4.14. The molecule has 0 aliphatic rings. The van der Waals surface area contributed by atoms with Crippen molar-refractivity contribution in [3.05, 3.63) is 71.9 Å². The Bertz CT molecular complexity index is 950. The van der Waals surface area contributed by atoms with Crippen LogP contribution >= 0.6 is 0 Å². The van der Waals surface area contributed by atoms with Crippen LogP contribution in [0.5, 0.6) is 5.75 Å². The number of hydrogen-bond donors (Lipinski definition) is 2. The van der Waals surface area contributed by atoms with Gasteiger partial charge in [0.25, 0.3) is 5.91 Å². The molecule has 0 fully saturated rings. The van der Waals surface area contributed by atoms with Gasteiger partial charge in [-0.05, 0) is 23.8 Å². The number of benzene rings is 2. The second-order valence-corrected chi connectivity index (χ2v) is 5.83. The third kappa shape index (κ3) is 3.64. The van der Waals surface area contributed by atoms with E-state index in [0.29, 0.717) is 16.8 Å². The minimum Gasteiger partial charge on any atom is -0.496 e. The highest BCUT2D eigenvalue weighted by Gasteiger charge is 2.22. The van der Waals surface area contributed by atoms with Gasteiger partial charge in [-0.15, -0.1) is 0 Å². The molecular weight excluding hydrogens is 330 g/mol. The summed E-state index contributed by atoms with van der Waals surface area (Å²) in [5.41, 5.74) is 7.27. The summed E-state index contributed by atoms with van der Waals surface area (Å²) in [4.78, 5) is 28.9. The molecule has 2 amide bonds. The van der Waals surface area contributed by atoms with Crippen molar-refractivity contribution in [2.24, 2.45) is 5.73 Å². The number of ether oxygens (including phenoxy) is 1. The Hall–Kier alpha value is -3.41. The molecule has 0 aliphatic heterocycles. The number of primary amides is 1. The van der Waals surface area contributed by atoms with Crippen LogP contribution in [-0.4, -0.2) is 29.9 Å². The molecule has 3 N–H and O–H groups in total. The van der Waals surface area contributed by atoms with Crippen LogP contribution in [0, 0.1) is 0 Å². The van der Waals surface area contributed by atoms with Crippen LogP contribution in [0.1, 0.15) is 15.9 Å². The van der Waals surface area contributed by atoms with E-state index in [1.807, 2.05) is 30.3 Å². The predicted octanol–water partition coefficient (Wildman–Crippen LogP) is 2.07. The Morgan fingerprint density at radius 3 is 2.65 bits per heavy atom. The van der Waals surface area contributed by atoms with E-state index >= 15 is 0 Å². The van der Waals surface area contributed by atoms with E-state index in [1.165, 1.54) is 0 Å². The monoisotopic (exact) mass is 349 g/mol. The zero-order chi connectivity index (χ0) is 18.5. The summed E-state index contributed by atoms with van der Waals surface area (Å²) in [6.07, 6.45) is 1.86. The largest absolute Gasteiger partial charge is 0.496 e. The average molecular weight is 349 g/mol. The number of pyridine rings is 1. The normalized spacial score (nSPS) is 11.7. The van der Waals surface area contributed by atoms with E-state index in [4.69, 9.17) is 10.5 Å². The summed E-state index contributed by atoms with van der Waals surface area (Å²) in [6.45, 7) is 0. The number of methoxy groups -OCH3 is 1. The molecule has 0 radical (unpaired) electrons. The van der Waals surface area contributed by atoms with Gasteiger partial charge in [0.15, 0.2) is 0 Å². The van der Waals surface area contributed by atoms with Crippen molar-refractivity contribution in [2.75, 3.05) is 7.11 Å². The Labute approximate surface area is 151 Å². The van der Waals surface area contributed by atoms with Crippen LogP contribution in [0.3, 0.4) is 0 Å². The smallest absolute Gasteiger partial charge is 0.254 e. The molecule has 3 rings (SSSR count). The summed E-state index contributed by atoms with van der Waals surface area (Å²) in [5.74, 6) is -0.370. The lowest BCUT2D eigenvalue weighted by Gasteiger charge is -2.17. The second kappa shape index (κ2) is 7.65. The Morgan fingerprint density at radius 2 is 1.88 bits per heavy atom. The van der Waals surface area contributed by atoms with Crippen molar-refractivity contribution in [3.8, 4) is 5.75 Å². The summed E-state index contributed by atoms with van der Waals surface area (Å²) in [6, 6.07) is 15.4. The molecule has 6 heteroatoms. The number of rotatable bonds is 6. The highest BCUT2D eigenvalue weighted by atomic mass is 16.5. The molecule has 2 aromatic carbocycles. The molecular formula is C20H19N3O3. The van der Waals surface area contributed by atoms with E-state index in [2.05, 4.69) is 10.3 Å². The molecule has 0 saturated heterocycles. The molecule has 0 unspecified atom stereocenters. The van der Waals surface area contributed by atoms with Crippen molar-refractivity contribution in [2.45, 2.75) is 12.5 Å². The lowest BCUT2D eigenvalue weighted by Crippen LogP contribution is -2.46. The molecule has 1 heterocycles. The van der Waals surface area contributed by atoms with Gasteiger partial charge >= 0.3 is 0 Å². The fourth-order valence-electron chi connectivity index (χ4n) is 2.84. The lowest BCUT2D eigenvalue weighted by molar-refractivity contribution is -0.119. The number of carbonyl (C=O) groups is 2. The number of fused-ring (bicyclic) bond motifs is 1. The van der Waals surface area contributed by atoms with E-state index in [0.717, 1.165) is 10.9 Å². The second-order valence-electron chi connectivity index (χ2n) is 5.83. The van der Waals surface area contributed by atoms with Gasteiger partial charge < -0.3 is 15.8 Å². The number of carbonyl (C=O) groups excluding carboxylic acids is 2. The SMILES string of the molecule is COc1ccccc1C[C@@H](NC(=O)c1cccc2cccnc12)C(N)=O. The van der Waals surface area contributed by atoms with E-state index in [1.54, 1.807) is 37.6 Å². The van der Waals surface area contributed by atoms with Crippen molar-refractivity contribution in [1.29, 1.82) is 0 Å². The van der Waals surface area contributed by atoms with E-state index in [9.17, 15) is 9.59 Å². The van der Waals surface area contributed by atoms with Gasteiger partial charge in [0.1, 0.15) is 11.8 Å². The molecule has 6 nitrogen and oxygen atoms in total. The first-order valence-corrected chi connectivity index (χ1v) is 8.16. The molecule has 1 aromatic heterocycles. The highest BCUT2D eigenvalue weighted by molar-refractivity contribution is 6.06. The fraction of sp³-hybridized carbons (Fsp3) is 0.150. The van der Waals surface area contributed by atoms with Crippen molar-refractivity contribution >= 4 is 22.7 Å². The van der Waals surface area contributed by atoms with Gasteiger partial charge in [-0.3, -0.25) is 14.6 Å². The van der Waals surface area contributed by atoms with Crippen LogP contribution in [0.4, 0.5) is 0 Å². The Morgan fingerprint density at radius 1 is 1.12 bits per heavy atom. The third-order valence-electron chi connectivity index (χ3n) is 4.14. The number of nitrogens with zero attached hydrogens (tertiary/aromatic N) is 1. The summed E-state index contributed by atoms with van der Waals surface area (Å²) in [7, 11) is 1.55. The van der Waals surface area contributed by atoms with Gasteiger partial charge in [-0.1, -0.05) is 36.4 Å². The van der Waals surface area contributed by atoms with Crippen LogP contribution in [0.25, 0.3) is 10.9 Å². The van der Waals surface area contributed by atoms with E-state index in [-0.39, 0.29) is 6.42 Å². The standard InChI is InChI=1S/C20H19N3O3/c1-26-17-10-3-2-6-14(17)12-16(19(21)24)23-20(25)15-9-4-7-13-8-5-11-22-18(13)15/h2-11,16H,12H2,1H3,(H2,21,24)(H,23,25)/t16-/m1/s1. The maximum Gasteiger partial charge on any atom is 0.254 e.